The Labute approximate surface area is 98.7 Å². The Morgan fingerprint density at radius 1 is 1.38 bits per heavy atom. The molecule has 0 aromatic carbocycles. The van der Waals surface area contributed by atoms with E-state index in [2.05, 4.69) is 0 Å². The fraction of sp³-hybridized carbons (Fsp3) is 0.833. The predicted octanol–water partition coefficient (Wildman–Crippen LogP) is 3.18. The lowest BCUT2D eigenvalue weighted by Gasteiger charge is -2.30. The van der Waals surface area contributed by atoms with Crippen molar-refractivity contribution in [3.63, 3.8) is 0 Å². The van der Waals surface area contributed by atoms with Crippen molar-refractivity contribution in [2.45, 2.75) is 64.1 Å². The summed E-state index contributed by atoms with van der Waals surface area (Å²) in [4.78, 5) is 20.5. The molecule has 0 spiro atoms. The molecular formula is C12H24O3P+. The van der Waals surface area contributed by atoms with Gasteiger partial charge < -0.3 is 5.11 Å². The second-order valence-corrected chi connectivity index (χ2v) is 7.60. The first kappa shape index (κ1) is 14.1. The first-order chi connectivity index (χ1) is 7.42. The molecule has 0 radical (unpaired) electrons. The molecule has 1 atom stereocenters. The molecule has 0 aliphatic heterocycles. The summed E-state index contributed by atoms with van der Waals surface area (Å²) in [5.41, 5.74) is 0. The molecule has 1 aliphatic carbocycles. The molecule has 0 amide bonds. The van der Waals surface area contributed by atoms with Crippen molar-refractivity contribution in [1.82, 2.24) is 0 Å². The zero-order valence-corrected chi connectivity index (χ0v) is 11.2. The molecule has 4 heteroatoms. The molecule has 3 nitrogen and oxygen atoms in total. The van der Waals surface area contributed by atoms with Crippen LogP contribution in [0, 0.1) is 0 Å². The average Bonchev–Trinajstić information content (AvgIpc) is 2.27. The van der Waals surface area contributed by atoms with Crippen molar-refractivity contribution in [1.29, 1.82) is 0 Å². The van der Waals surface area contributed by atoms with Crippen molar-refractivity contribution in [2.24, 2.45) is 0 Å². The van der Waals surface area contributed by atoms with Crippen molar-refractivity contribution >= 4 is 7.72 Å². The molecule has 0 bridgehead atoms. The summed E-state index contributed by atoms with van der Waals surface area (Å²) in [6.07, 6.45) is 7.89. The molecule has 0 aromatic heterocycles. The Kier molecular flexibility index (Phi) is 4.93. The highest BCUT2D eigenvalue weighted by molar-refractivity contribution is 7.70. The first-order valence-electron chi connectivity index (χ1n) is 6.18. The highest BCUT2D eigenvalue weighted by Gasteiger charge is 2.56. The standard InChI is InChI=1S/C12H24O3P/c1-3-4-10-12(2,13)16(14,15)11-8-6-5-7-9-11/h8,13-15H,3-7,9-10H2,1-2H3/q+1. The summed E-state index contributed by atoms with van der Waals surface area (Å²) in [5, 5.41) is 9.59. The van der Waals surface area contributed by atoms with Crippen molar-refractivity contribution in [3.8, 4) is 0 Å². The van der Waals surface area contributed by atoms with E-state index in [-0.39, 0.29) is 0 Å². The van der Waals surface area contributed by atoms with E-state index in [4.69, 9.17) is 0 Å². The molecule has 1 unspecified atom stereocenters. The number of hydrogen-bond donors (Lipinski definition) is 3. The van der Waals surface area contributed by atoms with Gasteiger partial charge in [0, 0.05) is 19.8 Å². The lowest BCUT2D eigenvalue weighted by molar-refractivity contribution is 0.108. The topological polar surface area (TPSA) is 60.7 Å². The maximum Gasteiger partial charge on any atom is 0.327 e. The van der Waals surface area contributed by atoms with Gasteiger partial charge in [-0.05, 0) is 31.8 Å². The normalized spacial score (nSPS) is 21.4. The molecule has 1 rings (SSSR count). The highest BCUT2D eigenvalue weighted by Crippen LogP contribution is 2.70. The Morgan fingerprint density at radius 3 is 2.56 bits per heavy atom. The zero-order valence-electron chi connectivity index (χ0n) is 10.3. The van der Waals surface area contributed by atoms with E-state index in [1.54, 1.807) is 6.92 Å². The Morgan fingerprint density at radius 2 is 2.06 bits per heavy atom. The van der Waals surface area contributed by atoms with Gasteiger partial charge in [-0.2, -0.15) is 0 Å². The third kappa shape index (κ3) is 3.04. The van der Waals surface area contributed by atoms with Gasteiger partial charge in [-0.1, -0.05) is 13.3 Å². The van der Waals surface area contributed by atoms with Crippen LogP contribution in [0.2, 0.25) is 0 Å². The molecule has 0 saturated carbocycles. The number of aliphatic hydroxyl groups is 1. The molecule has 16 heavy (non-hydrogen) atoms. The van der Waals surface area contributed by atoms with Gasteiger partial charge in [0.15, 0.2) is 0 Å². The molecule has 0 saturated heterocycles. The van der Waals surface area contributed by atoms with E-state index in [1.165, 1.54) is 0 Å². The minimum Gasteiger partial charge on any atom is -0.353 e. The highest BCUT2D eigenvalue weighted by atomic mass is 31.2. The number of hydrogen-bond acceptors (Lipinski definition) is 3. The smallest absolute Gasteiger partial charge is 0.327 e. The molecule has 0 heterocycles. The SMILES string of the molecule is CCCCC(C)(O)[P+](O)(O)C1=CCCCC1. The molecule has 94 valence electrons. The summed E-state index contributed by atoms with van der Waals surface area (Å²) < 4.78 is 0. The summed E-state index contributed by atoms with van der Waals surface area (Å²) in [5.74, 6) is 0. The van der Waals surface area contributed by atoms with Gasteiger partial charge >= 0.3 is 7.72 Å². The summed E-state index contributed by atoms with van der Waals surface area (Å²) in [6.45, 7) is 3.59. The van der Waals surface area contributed by atoms with Crippen molar-refractivity contribution < 1.29 is 14.9 Å². The lowest BCUT2D eigenvalue weighted by Crippen LogP contribution is -2.29. The maximum atomic E-state index is 10.2. The molecular weight excluding hydrogens is 223 g/mol. The van der Waals surface area contributed by atoms with Crippen molar-refractivity contribution in [3.05, 3.63) is 11.4 Å². The van der Waals surface area contributed by atoms with Gasteiger partial charge in [-0.3, -0.25) is 0 Å². The third-order valence-corrected chi connectivity index (χ3v) is 6.12. The third-order valence-electron chi connectivity index (χ3n) is 3.34. The van der Waals surface area contributed by atoms with E-state index >= 15 is 0 Å². The molecule has 0 aromatic rings. The quantitative estimate of drug-likeness (QED) is 0.654. The lowest BCUT2D eigenvalue weighted by atomic mass is 10.1. The van der Waals surface area contributed by atoms with Crippen LogP contribution in [0.3, 0.4) is 0 Å². The Bertz CT molecular complexity index is 259. The maximum absolute atomic E-state index is 10.2. The van der Waals surface area contributed by atoms with Crippen LogP contribution >= 0.6 is 7.72 Å². The van der Waals surface area contributed by atoms with E-state index in [1.807, 2.05) is 13.0 Å². The number of rotatable bonds is 5. The van der Waals surface area contributed by atoms with Gasteiger partial charge in [0.25, 0.3) is 0 Å². The van der Waals surface area contributed by atoms with E-state index in [0.29, 0.717) is 11.7 Å². The van der Waals surface area contributed by atoms with Crippen LogP contribution < -0.4 is 0 Å². The number of unbranched alkanes of at least 4 members (excludes halogenated alkanes) is 1. The fourth-order valence-corrected chi connectivity index (χ4v) is 4.02. The van der Waals surface area contributed by atoms with E-state index in [9.17, 15) is 14.9 Å². The van der Waals surface area contributed by atoms with Crippen LogP contribution in [0.5, 0.6) is 0 Å². The summed E-state index contributed by atoms with van der Waals surface area (Å²) in [6, 6.07) is 0. The van der Waals surface area contributed by atoms with Crippen LogP contribution in [0.15, 0.2) is 11.4 Å². The minimum atomic E-state index is -3.33. The summed E-state index contributed by atoms with van der Waals surface area (Å²) in [7, 11) is -3.33. The molecule has 1 aliphatic rings. The second-order valence-electron chi connectivity index (χ2n) is 4.86. The predicted molar refractivity (Wildman–Crippen MR) is 68.1 cm³/mol. The van der Waals surface area contributed by atoms with Gasteiger partial charge in [-0.25, -0.2) is 9.79 Å². The largest absolute Gasteiger partial charge is 0.353 e. The van der Waals surface area contributed by atoms with Gasteiger partial charge in [-0.15, -0.1) is 0 Å². The first-order valence-corrected chi connectivity index (χ1v) is 7.88. The average molecular weight is 247 g/mol. The van der Waals surface area contributed by atoms with Gasteiger partial charge in [0.05, 0.1) is 0 Å². The minimum absolute atomic E-state index is 0.460. The van der Waals surface area contributed by atoms with E-state index in [0.717, 1.165) is 38.5 Å². The van der Waals surface area contributed by atoms with Crippen LogP contribution in [0.25, 0.3) is 0 Å². The fourth-order valence-electron chi connectivity index (χ4n) is 2.08. The van der Waals surface area contributed by atoms with Crippen molar-refractivity contribution in [2.75, 3.05) is 0 Å². The van der Waals surface area contributed by atoms with Crippen LogP contribution in [-0.2, 0) is 0 Å². The van der Waals surface area contributed by atoms with E-state index < -0.39 is 13.1 Å². The summed E-state index contributed by atoms with van der Waals surface area (Å²) >= 11 is 0. The number of allylic oxidation sites excluding steroid dienone is 2. The molecule has 0 fully saturated rings. The second kappa shape index (κ2) is 5.59. The Hall–Kier alpha value is 0.0500. The zero-order chi connectivity index (χ0) is 12.2. The van der Waals surface area contributed by atoms with Gasteiger partial charge in [0.2, 0.25) is 5.34 Å². The van der Waals surface area contributed by atoms with Crippen LogP contribution in [-0.4, -0.2) is 20.2 Å². The van der Waals surface area contributed by atoms with Crippen LogP contribution in [0.1, 0.15) is 58.8 Å². The monoisotopic (exact) mass is 247 g/mol. The van der Waals surface area contributed by atoms with Crippen LogP contribution in [0.4, 0.5) is 0 Å². The van der Waals surface area contributed by atoms with Gasteiger partial charge in [0.1, 0.15) is 5.31 Å². The Balaban J connectivity index is 2.77. The molecule has 3 N–H and O–H groups in total.